The number of nitrogens with zero attached hydrogens (tertiary/aromatic N) is 2. The Morgan fingerprint density at radius 3 is 2.20 bits per heavy atom. The van der Waals surface area contributed by atoms with Crippen LogP contribution in [-0.4, -0.2) is 46.4 Å². The molecule has 9 nitrogen and oxygen atoms in total. The van der Waals surface area contributed by atoms with Crippen LogP contribution in [0.3, 0.4) is 0 Å². The number of aryl methyl sites for hydroxylation is 2. The van der Waals surface area contributed by atoms with Crippen molar-refractivity contribution >= 4 is 17.8 Å². The number of aromatic nitrogens is 2. The smallest absolute Gasteiger partial charge is 0.310 e. The highest BCUT2D eigenvalue weighted by molar-refractivity contribution is 5.78. The average molecular weight is 606 g/mol. The summed E-state index contributed by atoms with van der Waals surface area (Å²) in [6.45, 7) is 12.7. The number of rotatable bonds is 13. The van der Waals surface area contributed by atoms with E-state index in [2.05, 4.69) is 10.4 Å². The number of hydrogen-bond donors (Lipinski definition) is 1. The van der Waals surface area contributed by atoms with Crippen LogP contribution >= 0.6 is 0 Å². The molecule has 0 radical (unpaired) electrons. The molecule has 1 amide bonds. The summed E-state index contributed by atoms with van der Waals surface area (Å²) in [4.78, 5) is 46.6. The molecule has 0 aliphatic heterocycles. The number of unbranched alkanes of at least 4 members (excludes halogenated alkanes) is 2. The Hall–Kier alpha value is -4.27. The molecule has 0 unspecified atom stereocenters. The Kier molecular flexibility index (Phi) is 15.0. The van der Waals surface area contributed by atoms with Crippen molar-refractivity contribution in [2.24, 2.45) is 0 Å². The third-order valence-corrected chi connectivity index (χ3v) is 6.22. The Labute approximate surface area is 261 Å². The van der Waals surface area contributed by atoms with Crippen molar-refractivity contribution in [1.29, 1.82) is 0 Å². The van der Waals surface area contributed by atoms with Crippen molar-refractivity contribution < 1.29 is 23.9 Å². The highest BCUT2D eigenvalue weighted by atomic mass is 16.6. The monoisotopic (exact) mass is 605 g/mol. The van der Waals surface area contributed by atoms with Gasteiger partial charge < -0.3 is 14.8 Å². The minimum Gasteiger partial charge on any atom is -0.466 e. The van der Waals surface area contributed by atoms with E-state index in [0.717, 1.165) is 47.2 Å². The molecular weight excluding hydrogens is 558 g/mol. The van der Waals surface area contributed by atoms with Crippen LogP contribution in [0.4, 0.5) is 0 Å². The molecule has 1 N–H and O–H groups in total. The van der Waals surface area contributed by atoms with Crippen LogP contribution in [0.5, 0.6) is 0 Å². The third-order valence-electron chi connectivity index (χ3n) is 6.22. The standard InChI is InChI=1S/C19H29NO3.C16H18N2O3/c1-15-9-8-10-16(13-15)14-17(21)20-12-7-5-6-11-18(22)23-19(2,3)4;1-3-21-16(20)10-13-5-4-6-14(9-13)11-18-15(19)8-7-12(2)17-18/h8-10,13H,5-7,11-12,14H2,1-4H3,(H,20,21);4-9H,3,10-11H2,1-2H3. The minimum absolute atomic E-state index is 0.0442. The summed E-state index contributed by atoms with van der Waals surface area (Å²) in [5.41, 5.74) is 4.23. The van der Waals surface area contributed by atoms with E-state index in [1.165, 1.54) is 10.7 Å². The zero-order chi connectivity index (χ0) is 32.5. The first kappa shape index (κ1) is 35.9. The summed E-state index contributed by atoms with van der Waals surface area (Å²) in [6, 6.07) is 18.7. The average Bonchev–Trinajstić information content (AvgIpc) is 2.92. The van der Waals surface area contributed by atoms with Crippen LogP contribution in [0.25, 0.3) is 0 Å². The molecule has 0 fully saturated rings. The second-order valence-electron chi connectivity index (χ2n) is 11.7. The van der Waals surface area contributed by atoms with E-state index in [1.54, 1.807) is 13.0 Å². The van der Waals surface area contributed by atoms with E-state index in [9.17, 15) is 19.2 Å². The predicted molar refractivity (Wildman–Crippen MR) is 171 cm³/mol. The first-order chi connectivity index (χ1) is 20.8. The van der Waals surface area contributed by atoms with Crippen LogP contribution in [-0.2, 0) is 43.2 Å². The van der Waals surface area contributed by atoms with Crippen molar-refractivity contribution in [3.8, 4) is 0 Å². The van der Waals surface area contributed by atoms with Gasteiger partial charge in [-0.1, -0.05) is 60.5 Å². The molecule has 1 aromatic heterocycles. The number of carbonyl (C=O) groups excluding carboxylic acids is 3. The van der Waals surface area contributed by atoms with E-state index in [-0.39, 0.29) is 29.8 Å². The SMILES string of the molecule is CCOC(=O)Cc1cccc(Cn2nc(C)ccc2=O)c1.Cc1cccc(CC(=O)NCCCCCC(=O)OC(C)(C)C)c1. The number of esters is 2. The Bertz CT molecular complexity index is 1420. The molecule has 9 heteroatoms. The molecule has 3 aromatic rings. The van der Waals surface area contributed by atoms with Gasteiger partial charge in [0, 0.05) is 19.0 Å². The predicted octanol–water partition coefficient (Wildman–Crippen LogP) is 5.26. The largest absolute Gasteiger partial charge is 0.466 e. The van der Waals surface area contributed by atoms with E-state index in [4.69, 9.17) is 9.47 Å². The highest BCUT2D eigenvalue weighted by Gasteiger charge is 2.15. The number of benzene rings is 2. The maximum atomic E-state index is 11.8. The lowest BCUT2D eigenvalue weighted by Gasteiger charge is -2.19. The fourth-order valence-corrected chi connectivity index (χ4v) is 4.32. The van der Waals surface area contributed by atoms with Crippen LogP contribution in [0.2, 0.25) is 0 Å². The molecule has 0 bridgehead atoms. The summed E-state index contributed by atoms with van der Waals surface area (Å²) in [5.74, 6) is -0.357. The van der Waals surface area contributed by atoms with E-state index in [0.29, 0.717) is 32.5 Å². The molecule has 0 saturated heterocycles. The highest BCUT2D eigenvalue weighted by Crippen LogP contribution is 2.11. The van der Waals surface area contributed by atoms with Gasteiger partial charge in [0.2, 0.25) is 5.91 Å². The fourth-order valence-electron chi connectivity index (χ4n) is 4.32. The first-order valence-corrected chi connectivity index (χ1v) is 15.2. The summed E-state index contributed by atoms with van der Waals surface area (Å²) in [6.07, 6.45) is 3.67. The Morgan fingerprint density at radius 2 is 1.52 bits per heavy atom. The summed E-state index contributed by atoms with van der Waals surface area (Å²) in [7, 11) is 0. The normalized spacial score (nSPS) is 10.8. The van der Waals surface area contributed by atoms with Crippen LogP contribution < -0.4 is 10.9 Å². The second-order valence-corrected chi connectivity index (χ2v) is 11.7. The van der Waals surface area contributed by atoms with Gasteiger partial charge in [0.25, 0.3) is 5.56 Å². The number of carbonyl (C=O) groups is 3. The van der Waals surface area contributed by atoms with Crippen LogP contribution in [0.1, 0.15) is 81.3 Å². The summed E-state index contributed by atoms with van der Waals surface area (Å²) in [5, 5.41) is 7.12. The number of nitrogens with one attached hydrogen (secondary N) is 1. The van der Waals surface area contributed by atoms with Gasteiger partial charge in [0.05, 0.1) is 31.7 Å². The second kappa shape index (κ2) is 18.4. The number of amides is 1. The molecule has 44 heavy (non-hydrogen) atoms. The zero-order valence-corrected chi connectivity index (χ0v) is 27.0. The topological polar surface area (TPSA) is 117 Å². The number of ether oxygens (including phenoxy) is 2. The lowest BCUT2D eigenvalue weighted by molar-refractivity contribution is -0.155. The molecule has 0 saturated carbocycles. The summed E-state index contributed by atoms with van der Waals surface area (Å²) < 4.78 is 11.6. The molecular formula is C35H47N3O6. The van der Waals surface area contributed by atoms with Crippen molar-refractivity contribution in [1.82, 2.24) is 15.1 Å². The van der Waals surface area contributed by atoms with Crippen molar-refractivity contribution in [3.63, 3.8) is 0 Å². The molecule has 0 atom stereocenters. The van der Waals surface area contributed by atoms with Gasteiger partial charge in [-0.3, -0.25) is 19.2 Å². The van der Waals surface area contributed by atoms with Gasteiger partial charge in [-0.15, -0.1) is 0 Å². The molecule has 2 aromatic carbocycles. The van der Waals surface area contributed by atoms with Gasteiger partial charge in [-0.05, 0) is 77.1 Å². The molecule has 3 rings (SSSR count). The maximum absolute atomic E-state index is 11.8. The Morgan fingerprint density at radius 1 is 0.841 bits per heavy atom. The maximum Gasteiger partial charge on any atom is 0.310 e. The lowest BCUT2D eigenvalue weighted by Crippen LogP contribution is -2.26. The van der Waals surface area contributed by atoms with Crippen LogP contribution in [0.15, 0.2) is 65.5 Å². The molecule has 0 aliphatic rings. The van der Waals surface area contributed by atoms with Gasteiger partial charge in [0.1, 0.15) is 5.60 Å². The van der Waals surface area contributed by atoms with Crippen LogP contribution in [0, 0.1) is 13.8 Å². The van der Waals surface area contributed by atoms with E-state index in [1.807, 2.05) is 83.1 Å². The molecule has 238 valence electrons. The van der Waals surface area contributed by atoms with Gasteiger partial charge in [0.15, 0.2) is 0 Å². The molecule has 1 heterocycles. The number of hydrogen-bond acceptors (Lipinski definition) is 7. The molecule has 0 spiro atoms. The Balaban J connectivity index is 0.000000308. The van der Waals surface area contributed by atoms with Gasteiger partial charge in [-0.2, -0.15) is 5.10 Å². The van der Waals surface area contributed by atoms with E-state index < -0.39 is 5.60 Å². The summed E-state index contributed by atoms with van der Waals surface area (Å²) >= 11 is 0. The van der Waals surface area contributed by atoms with Gasteiger partial charge in [-0.25, -0.2) is 4.68 Å². The fraction of sp³-hybridized carbons (Fsp3) is 0.457. The third kappa shape index (κ3) is 15.3. The zero-order valence-electron chi connectivity index (χ0n) is 27.0. The lowest BCUT2D eigenvalue weighted by atomic mass is 10.1. The first-order valence-electron chi connectivity index (χ1n) is 15.2. The quantitative estimate of drug-likeness (QED) is 0.209. The van der Waals surface area contributed by atoms with Gasteiger partial charge >= 0.3 is 11.9 Å². The van der Waals surface area contributed by atoms with Crippen molar-refractivity contribution in [2.45, 2.75) is 92.2 Å². The van der Waals surface area contributed by atoms with Crippen molar-refractivity contribution in [3.05, 3.63) is 99.0 Å². The van der Waals surface area contributed by atoms with E-state index >= 15 is 0 Å². The van der Waals surface area contributed by atoms with Crippen molar-refractivity contribution in [2.75, 3.05) is 13.2 Å². The minimum atomic E-state index is -0.416. The molecule has 0 aliphatic carbocycles.